The predicted molar refractivity (Wildman–Crippen MR) is 124 cm³/mol. The highest BCUT2D eigenvalue weighted by molar-refractivity contribution is 9.10. The molecule has 2 fully saturated rings. The number of nitrogens with zero attached hydrogens (tertiary/aromatic N) is 2. The van der Waals surface area contributed by atoms with E-state index in [1.165, 1.54) is 10.5 Å². The summed E-state index contributed by atoms with van der Waals surface area (Å²) in [5.74, 6) is 0.0739. The molecule has 2 aromatic rings. The number of benzene rings is 1. The average Bonchev–Trinajstić information content (AvgIpc) is 3.34. The zero-order valence-corrected chi connectivity index (χ0v) is 19.5. The number of allylic oxidation sites excluding steroid dienone is 1. The maximum atomic E-state index is 13.0. The zero-order valence-electron chi connectivity index (χ0n) is 17.9. The molecule has 0 bridgehead atoms. The number of nitrogens with one attached hydrogen (secondary N) is 1. The quantitative estimate of drug-likeness (QED) is 0.410. The molecular formula is C24H26BrN3O4. The van der Waals surface area contributed by atoms with Crippen LogP contribution in [0.2, 0.25) is 0 Å². The van der Waals surface area contributed by atoms with Gasteiger partial charge in [-0.3, -0.25) is 9.69 Å². The molecule has 32 heavy (non-hydrogen) atoms. The SMILES string of the molecule is C=CCc1cccc(COCC23CC(C(=O)Nc4nc(Br)ccc4C)N(C(=O)O)C2C3)c1. The number of anilines is 1. The van der Waals surface area contributed by atoms with Crippen LogP contribution in [0.1, 0.15) is 29.5 Å². The van der Waals surface area contributed by atoms with Crippen molar-refractivity contribution in [2.24, 2.45) is 5.41 Å². The number of fused-ring (bicyclic) bond motifs is 1. The first-order valence-electron chi connectivity index (χ1n) is 10.5. The Balaban J connectivity index is 1.40. The van der Waals surface area contributed by atoms with Gasteiger partial charge in [-0.05, 0) is 64.9 Å². The van der Waals surface area contributed by atoms with Crippen LogP contribution < -0.4 is 5.32 Å². The lowest BCUT2D eigenvalue weighted by molar-refractivity contribution is -0.120. The maximum Gasteiger partial charge on any atom is 0.408 e. The van der Waals surface area contributed by atoms with Gasteiger partial charge in [0, 0.05) is 11.5 Å². The van der Waals surface area contributed by atoms with Gasteiger partial charge in [0.05, 0.1) is 13.2 Å². The third-order valence-corrected chi connectivity index (χ3v) is 6.72. The third kappa shape index (κ3) is 4.56. The van der Waals surface area contributed by atoms with E-state index < -0.39 is 12.1 Å². The number of hydrogen-bond donors (Lipinski definition) is 2. The number of likely N-dealkylation sites (tertiary alicyclic amines) is 1. The van der Waals surface area contributed by atoms with E-state index in [4.69, 9.17) is 4.74 Å². The fourth-order valence-corrected chi connectivity index (χ4v) is 4.87. The van der Waals surface area contributed by atoms with Crippen LogP contribution in [-0.2, 0) is 22.6 Å². The molecule has 1 aliphatic carbocycles. The molecule has 2 heterocycles. The van der Waals surface area contributed by atoms with Gasteiger partial charge >= 0.3 is 6.09 Å². The number of ether oxygens (including phenoxy) is 1. The van der Waals surface area contributed by atoms with Crippen molar-refractivity contribution in [3.63, 3.8) is 0 Å². The van der Waals surface area contributed by atoms with E-state index in [-0.39, 0.29) is 17.4 Å². The lowest BCUT2D eigenvalue weighted by atomic mass is 10.00. The molecule has 1 aliphatic heterocycles. The van der Waals surface area contributed by atoms with E-state index in [1.807, 2.05) is 37.3 Å². The highest BCUT2D eigenvalue weighted by atomic mass is 79.9. The van der Waals surface area contributed by atoms with Gasteiger partial charge in [0.2, 0.25) is 5.91 Å². The van der Waals surface area contributed by atoms with Crippen molar-refractivity contribution in [2.75, 3.05) is 11.9 Å². The molecule has 1 saturated heterocycles. The van der Waals surface area contributed by atoms with Gasteiger partial charge in [0.1, 0.15) is 16.5 Å². The topological polar surface area (TPSA) is 91.8 Å². The van der Waals surface area contributed by atoms with Gasteiger partial charge in [-0.15, -0.1) is 6.58 Å². The van der Waals surface area contributed by atoms with Crippen LogP contribution in [0, 0.1) is 12.3 Å². The second-order valence-corrected chi connectivity index (χ2v) is 9.40. The van der Waals surface area contributed by atoms with E-state index >= 15 is 0 Å². The van der Waals surface area contributed by atoms with Crippen LogP contribution in [-0.4, -0.2) is 45.7 Å². The van der Waals surface area contributed by atoms with Gasteiger partial charge < -0.3 is 15.2 Å². The van der Waals surface area contributed by atoms with E-state index in [9.17, 15) is 14.7 Å². The van der Waals surface area contributed by atoms with Gasteiger partial charge in [0.15, 0.2) is 0 Å². The molecule has 2 amide bonds. The largest absolute Gasteiger partial charge is 0.465 e. The number of carbonyl (C=O) groups is 2. The van der Waals surface area contributed by atoms with Crippen molar-refractivity contribution in [3.8, 4) is 0 Å². The van der Waals surface area contributed by atoms with Crippen LogP contribution in [0.4, 0.5) is 10.6 Å². The summed E-state index contributed by atoms with van der Waals surface area (Å²) in [6.45, 7) is 6.48. The van der Waals surface area contributed by atoms with Crippen LogP contribution >= 0.6 is 15.9 Å². The van der Waals surface area contributed by atoms with Crippen LogP contribution in [0.25, 0.3) is 0 Å². The molecule has 0 spiro atoms. The number of hydrogen-bond acceptors (Lipinski definition) is 4. The van der Waals surface area contributed by atoms with Crippen molar-refractivity contribution >= 4 is 33.7 Å². The normalized spacial score (nSPS) is 23.5. The third-order valence-electron chi connectivity index (χ3n) is 6.28. The number of rotatable bonds is 8. The number of piperidine rings is 1. The van der Waals surface area contributed by atoms with E-state index in [2.05, 4.69) is 38.9 Å². The minimum absolute atomic E-state index is 0.195. The number of carbonyl (C=O) groups excluding carboxylic acids is 1. The Morgan fingerprint density at radius 1 is 1.34 bits per heavy atom. The van der Waals surface area contributed by atoms with E-state index in [0.29, 0.717) is 36.5 Å². The molecule has 0 radical (unpaired) electrons. The summed E-state index contributed by atoms with van der Waals surface area (Å²) in [6.07, 6.45) is 2.75. The predicted octanol–water partition coefficient (Wildman–Crippen LogP) is 4.55. The molecular weight excluding hydrogens is 474 g/mol. The number of amides is 2. The molecule has 3 unspecified atom stereocenters. The smallest absolute Gasteiger partial charge is 0.408 e. The summed E-state index contributed by atoms with van der Waals surface area (Å²) in [5.41, 5.74) is 2.74. The Kier molecular flexibility index (Phi) is 6.35. The molecule has 2 aliphatic rings. The summed E-state index contributed by atoms with van der Waals surface area (Å²) in [6, 6.07) is 10.8. The zero-order chi connectivity index (χ0) is 22.9. The number of aryl methyl sites for hydroxylation is 1. The molecule has 1 saturated carbocycles. The molecule has 168 valence electrons. The monoisotopic (exact) mass is 499 g/mol. The van der Waals surface area contributed by atoms with E-state index in [1.54, 1.807) is 6.07 Å². The number of pyridine rings is 1. The van der Waals surface area contributed by atoms with Crippen molar-refractivity contribution < 1.29 is 19.4 Å². The van der Waals surface area contributed by atoms with Gasteiger partial charge in [-0.2, -0.15) is 0 Å². The highest BCUT2D eigenvalue weighted by Gasteiger charge is 2.67. The first-order chi connectivity index (χ1) is 15.3. The molecule has 4 rings (SSSR count). The molecule has 1 aromatic carbocycles. The summed E-state index contributed by atoms with van der Waals surface area (Å²) in [5, 5.41) is 12.6. The Labute approximate surface area is 195 Å². The summed E-state index contributed by atoms with van der Waals surface area (Å²) < 4.78 is 6.60. The Morgan fingerprint density at radius 2 is 2.12 bits per heavy atom. The second kappa shape index (κ2) is 9.03. The lowest BCUT2D eigenvalue weighted by Crippen LogP contribution is -2.45. The Morgan fingerprint density at radius 3 is 2.88 bits per heavy atom. The van der Waals surface area contributed by atoms with Crippen molar-refractivity contribution in [2.45, 2.75) is 44.9 Å². The fourth-order valence-electron chi connectivity index (χ4n) is 4.56. The second-order valence-electron chi connectivity index (χ2n) is 8.59. The molecule has 1 aromatic heterocycles. The van der Waals surface area contributed by atoms with Gasteiger partial charge in [0.25, 0.3) is 0 Å². The van der Waals surface area contributed by atoms with Crippen molar-refractivity contribution in [1.82, 2.24) is 9.88 Å². The minimum atomic E-state index is -1.08. The summed E-state index contributed by atoms with van der Waals surface area (Å²) in [4.78, 5) is 30.5. The standard InChI is InChI=1S/C24H26BrN3O4/c1-3-5-16-6-4-7-17(10-16)13-32-14-24-11-18(28(23(30)31)19(24)12-24)22(29)27-21-15(2)8-9-20(25)26-21/h3-4,6-10,18-19H,1,5,11-14H2,2H3,(H,30,31)(H,26,27,29). The molecule has 8 heteroatoms. The van der Waals surface area contributed by atoms with Crippen LogP contribution in [0.3, 0.4) is 0 Å². The first-order valence-corrected chi connectivity index (χ1v) is 11.3. The van der Waals surface area contributed by atoms with E-state index in [0.717, 1.165) is 17.5 Å². The lowest BCUT2D eigenvalue weighted by Gasteiger charge is -2.24. The number of halogens is 1. The van der Waals surface area contributed by atoms with Gasteiger partial charge in [-0.1, -0.05) is 36.4 Å². The van der Waals surface area contributed by atoms with Crippen LogP contribution in [0.5, 0.6) is 0 Å². The number of aromatic nitrogens is 1. The van der Waals surface area contributed by atoms with Gasteiger partial charge in [-0.25, -0.2) is 9.78 Å². The first kappa shape index (κ1) is 22.5. The average molecular weight is 500 g/mol. The maximum absolute atomic E-state index is 13.0. The van der Waals surface area contributed by atoms with Crippen molar-refractivity contribution in [3.05, 3.63) is 70.3 Å². The number of carboxylic acid groups (broad SMARTS) is 1. The minimum Gasteiger partial charge on any atom is -0.465 e. The molecule has 7 nitrogen and oxygen atoms in total. The summed E-state index contributed by atoms with van der Waals surface area (Å²) in [7, 11) is 0. The Hall–Kier alpha value is -2.71. The molecule has 2 N–H and O–H groups in total. The molecule has 3 atom stereocenters. The highest BCUT2D eigenvalue weighted by Crippen LogP contribution is 2.59. The van der Waals surface area contributed by atoms with Crippen molar-refractivity contribution in [1.29, 1.82) is 0 Å². The fraction of sp³-hybridized carbons (Fsp3) is 0.375. The van der Waals surface area contributed by atoms with Crippen LogP contribution in [0.15, 0.2) is 53.7 Å². The summed E-state index contributed by atoms with van der Waals surface area (Å²) >= 11 is 3.30. The Bertz CT molecular complexity index is 1060.